The van der Waals surface area contributed by atoms with Crippen molar-refractivity contribution in [3.05, 3.63) is 59.8 Å². The van der Waals surface area contributed by atoms with E-state index < -0.39 is 10.0 Å². The summed E-state index contributed by atoms with van der Waals surface area (Å²) >= 11 is 0. The molecule has 1 aliphatic heterocycles. The highest BCUT2D eigenvalue weighted by Gasteiger charge is 2.28. The zero-order chi connectivity index (χ0) is 22.3. The number of aromatic hydroxyl groups is 1. The molecule has 32 heavy (non-hydrogen) atoms. The number of aryl methyl sites for hydroxylation is 2. The SMILES string of the molecule is Cc1cc2c(cc1O)CCCN2c1ccnc(Nc2ccc(S(=O)(=O)NC3CC3)cc2)n1. The largest absolute Gasteiger partial charge is 0.508 e. The Balaban J connectivity index is 1.36. The lowest BCUT2D eigenvalue weighted by atomic mass is 9.99. The minimum Gasteiger partial charge on any atom is -0.508 e. The number of aromatic nitrogens is 2. The molecular formula is C23H25N5O3S. The fraction of sp³-hybridized carbons (Fsp3) is 0.304. The molecule has 2 heterocycles. The Bertz CT molecular complexity index is 1260. The van der Waals surface area contributed by atoms with Crippen LogP contribution in [0.3, 0.4) is 0 Å². The van der Waals surface area contributed by atoms with Crippen molar-refractivity contribution in [3.63, 3.8) is 0 Å². The normalized spacial score (nSPS) is 16.0. The molecule has 1 fully saturated rings. The molecule has 0 saturated heterocycles. The average molecular weight is 452 g/mol. The van der Waals surface area contributed by atoms with E-state index in [0.717, 1.165) is 54.9 Å². The van der Waals surface area contributed by atoms with E-state index in [1.54, 1.807) is 30.5 Å². The molecule has 0 amide bonds. The predicted octanol–water partition coefficient (Wildman–Crippen LogP) is 3.76. The van der Waals surface area contributed by atoms with Gasteiger partial charge in [-0.2, -0.15) is 4.98 Å². The van der Waals surface area contributed by atoms with Crippen LogP contribution in [0.4, 0.5) is 23.1 Å². The molecule has 1 aliphatic carbocycles. The first-order chi connectivity index (χ1) is 15.4. The summed E-state index contributed by atoms with van der Waals surface area (Å²) in [6.07, 6.45) is 5.38. The summed E-state index contributed by atoms with van der Waals surface area (Å²) in [5.74, 6) is 1.51. The van der Waals surface area contributed by atoms with Crippen LogP contribution < -0.4 is 14.9 Å². The predicted molar refractivity (Wildman–Crippen MR) is 123 cm³/mol. The summed E-state index contributed by atoms with van der Waals surface area (Å²) in [4.78, 5) is 11.4. The molecule has 166 valence electrons. The Hall–Kier alpha value is -3.17. The Labute approximate surface area is 187 Å². The molecule has 1 saturated carbocycles. The lowest BCUT2D eigenvalue weighted by molar-refractivity contribution is 0.470. The second-order valence-electron chi connectivity index (χ2n) is 8.31. The number of rotatable bonds is 6. The maximum absolute atomic E-state index is 12.3. The number of sulfonamides is 1. The minimum atomic E-state index is -3.48. The van der Waals surface area contributed by atoms with E-state index in [1.165, 1.54) is 0 Å². The molecule has 1 aromatic heterocycles. The third-order valence-electron chi connectivity index (χ3n) is 5.75. The zero-order valence-electron chi connectivity index (χ0n) is 17.7. The molecule has 3 N–H and O–H groups in total. The molecule has 8 nitrogen and oxygen atoms in total. The fourth-order valence-electron chi connectivity index (χ4n) is 3.86. The molecule has 9 heteroatoms. The van der Waals surface area contributed by atoms with Gasteiger partial charge in [-0.05, 0) is 86.2 Å². The smallest absolute Gasteiger partial charge is 0.240 e. The summed E-state index contributed by atoms with van der Waals surface area (Å²) in [5, 5.41) is 13.2. The van der Waals surface area contributed by atoms with Crippen molar-refractivity contribution in [3.8, 4) is 5.75 Å². The van der Waals surface area contributed by atoms with Gasteiger partial charge in [-0.3, -0.25) is 0 Å². The summed E-state index contributed by atoms with van der Waals surface area (Å²) in [6.45, 7) is 2.72. The van der Waals surface area contributed by atoms with Gasteiger partial charge in [0.05, 0.1) is 4.90 Å². The molecule has 0 spiro atoms. The third kappa shape index (κ3) is 4.26. The van der Waals surface area contributed by atoms with Gasteiger partial charge in [0.25, 0.3) is 0 Å². The van der Waals surface area contributed by atoms with Crippen molar-refractivity contribution in [2.75, 3.05) is 16.8 Å². The monoisotopic (exact) mass is 451 g/mol. The summed E-state index contributed by atoms with van der Waals surface area (Å²) in [6, 6.07) is 12.3. The van der Waals surface area contributed by atoms with Crippen molar-refractivity contribution in [1.82, 2.24) is 14.7 Å². The van der Waals surface area contributed by atoms with Gasteiger partial charge in [-0.15, -0.1) is 0 Å². The maximum atomic E-state index is 12.3. The number of nitrogens with one attached hydrogen (secondary N) is 2. The zero-order valence-corrected chi connectivity index (χ0v) is 18.6. The van der Waals surface area contributed by atoms with E-state index in [0.29, 0.717) is 17.4 Å². The lowest BCUT2D eigenvalue weighted by Crippen LogP contribution is -2.25. The molecule has 2 aliphatic rings. The number of fused-ring (bicyclic) bond motifs is 1. The first kappa shape index (κ1) is 20.7. The van der Waals surface area contributed by atoms with Crippen LogP contribution in [0, 0.1) is 6.92 Å². The number of hydrogen-bond donors (Lipinski definition) is 3. The Morgan fingerprint density at radius 3 is 2.66 bits per heavy atom. The van der Waals surface area contributed by atoms with Crippen LogP contribution in [-0.4, -0.2) is 36.1 Å². The minimum absolute atomic E-state index is 0.0709. The number of phenolic OH excluding ortho intramolecular Hbond substituents is 1. The fourth-order valence-corrected chi connectivity index (χ4v) is 5.16. The number of anilines is 4. The van der Waals surface area contributed by atoms with Gasteiger partial charge in [-0.1, -0.05) is 0 Å². The first-order valence-corrected chi connectivity index (χ1v) is 12.2. The van der Waals surface area contributed by atoms with Gasteiger partial charge in [0.15, 0.2) is 0 Å². The highest BCUT2D eigenvalue weighted by Crippen LogP contribution is 2.36. The highest BCUT2D eigenvalue weighted by atomic mass is 32.2. The average Bonchev–Trinajstić information content (AvgIpc) is 3.58. The second-order valence-corrected chi connectivity index (χ2v) is 10.0. The van der Waals surface area contributed by atoms with Gasteiger partial charge in [0.2, 0.25) is 16.0 Å². The maximum Gasteiger partial charge on any atom is 0.240 e. The summed E-state index contributed by atoms with van der Waals surface area (Å²) in [5.41, 5.74) is 3.68. The van der Waals surface area contributed by atoms with Crippen LogP contribution in [0.1, 0.15) is 30.4 Å². The highest BCUT2D eigenvalue weighted by molar-refractivity contribution is 7.89. The molecule has 0 bridgehead atoms. The van der Waals surface area contributed by atoms with Crippen molar-refractivity contribution in [2.24, 2.45) is 0 Å². The molecular weight excluding hydrogens is 426 g/mol. The quantitative estimate of drug-likeness (QED) is 0.524. The van der Waals surface area contributed by atoms with E-state index in [9.17, 15) is 13.5 Å². The Kier molecular flexibility index (Phi) is 5.22. The third-order valence-corrected chi connectivity index (χ3v) is 7.29. The van der Waals surface area contributed by atoms with E-state index in [-0.39, 0.29) is 10.9 Å². The van der Waals surface area contributed by atoms with Gasteiger partial charge in [0, 0.05) is 30.2 Å². The standard InChI is InChI=1S/C23H25N5O3S/c1-15-13-20-16(14-21(15)29)3-2-12-28(20)22-10-11-24-23(26-22)25-17-6-8-19(9-7-17)32(30,31)27-18-4-5-18/h6-11,13-14,18,27,29H,2-5,12H2,1H3,(H,24,25,26). The summed E-state index contributed by atoms with van der Waals surface area (Å²) < 4.78 is 27.4. The Morgan fingerprint density at radius 2 is 1.91 bits per heavy atom. The van der Waals surface area contributed by atoms with E-state index >= 15 is 0 Å². The molecule has 0 radical (unpaired) electrons. The molecule has 0 atom stereocenters. The van der Waals surface area contributed by atoms with Crippen LogP contribution in [0.15, 0.2) is 53.6 Å². The van der Waals surface area contributed by atoms with E-state index in [4.69, 9.17) is 0 Å². The lowest BCUT2D eigenvalue weighted by Gasteiger charge is -2.31. The van der Waals surface area contributed by atoms with Crippen molar-refractivity contribution >= 4 is 33.2 Å². The Morgan fingerprint density at radius 1 is 1.12 bits per heavy atom. The van der Waals surface area contributed by atoms with Gasteiger partial charge < -0.3 is 15.3 Å². The first-order valence-electron chi connectivity index (χ1n) is 10.7. The van der Waals surface area contributed by atoms with E-state index in [2.05, 4.69) is 24.9 Å². The van der Waals surface area contributed by atoms with Crippen LogP contribution in [0.5, 0.6) is 5.75 Å². The number of hydrogen-bond acceptors (Lipinski definition) is 7. The van der Waals surface area contributed by atoms with E-state index in [1.807, 2.05) is 25.1 Å². The molecule has 3 aromatic rings. The molecule has 5 rings (SSSR count). The van der Waals surface area contributed by atoms with Crippen LogP contribution >= 0.6 is 0 Å². The van der Waals surface area contributed by atoms with Crippen LogP contribution in [-0.2, 0) is 16.4 Å². The number of nitrogens with zero attached hydrogens (tertiary/aromatic N) is 3. The van der Waals surface area contributed by atoms with Gasteiger partial charge in [0.1, 0.15) is 11.6 Å². The topological polar surface area (TPSA) is 107 Å². The van der Waals surface area contributed by atoms with Crippen LogP contribution in [0.2, 0.25) is 0 Å². The van der Waals surface area contributed by atoms with Crippen molar-refractivity contribution in [2.45, 2.75) is 43.5 Å². The molecule has 2 aromatic carbocycles. The number of benzene rings is 2. The summed E-state index contributed by atoms with van der Waals surface area (Å²) in [7, 11) is -3.48. The van der Waals surface area contributed by atoms with Crippen LogP contribution in [0.25, 0.3) is 0 Å². The van der Waals surface area contributed by atoms with Gasteiger partial charge in [-0.25, -0.2) is 18.1 Å². The van der Waals surface area contributed by atoms with Crippen molar-refractivity contribution < 1.29 is 13.5 Å². The molecule has 0 unspecified atom stereocenters. The second kappa shape index (κ2) is 8.07. The number of phenols is 1. The van der Waals surface area contributed by atoms with Gasteiger partial charge >= 0.3 is 0 Å². The van der Waals surface area contributed by atoms with Crippen molar-refractivity contribution in [1.29, 1.82) is 0 Å².